The minimum absolute atomic E-state index is 0.00270. The summed E-state index contributed by atoms with van der Waals surface area (Å²) in [5.74, 6) is -1.51. The number of benzene rings is 1. The Morgan fingerprint density at radius 3 is 2.39 bits per heavy atom. The molecule has 5 nitrogen and oxygen atoms in total. The number of esters is 1. The van der Waals surface area contributed by atoms with E-state index in [9.17, 15) is 9.59 Å². The Hall–Kier alpha value is -1.17. The third kappa shape index (κ3) is 3.19. The third-order valence-electron chi connectivity index (χ3n) is 1.94. The summed E-state index contributed by atoms with van der Waals surface area (Å²) in [5, 5.41) is -0.0919. The quantitative estimate of drug-likeness (QED) is 0.865. The lowest BCUT2D eigenvalue weighted by Crippen LogP contribution is -2.16. The molecule has 0 bridgehead atoms. The van der Waals surface area contributed by atoms with Crippen LogP contribution in [0.2, 0.25) is 15.1 Å². The number of rotatable bonds is 4. The van der Waals surface area contributed by atoms with E-state index < -0.39 is 18.5 Å². The zero-order chi connectivity index (χ0) is 13.9. The molecule has 2 N–H and O–H groups in total. The van der Waals surface area contributed by atoms with Gasteiger partial charge >= 0.3 is 5.97 Å². The molecule has 0 aliphatic carbocycles. The number of methoxy groups -OCH3 is 1. The number of carbonyl (C=O) groups is 2. The van der Waals surface area contributed by atoms with Crippen LogP contribution >= 0.6 is 34.8 Å². The Morgan fingerprint density at radius 1 is 1.28 bits per heavy atom. The summed E-state index contributed by atoms with van der Waals surface area (Å²) in [6, 6.07) is 1.25. The van der Waals surface area contributed by atoms with Gasteiger partial charge in [0.1, 0.15) is 0 Å². The van der Waals surface area contributed by atoms with Crippen LogP contribution in [0.1, 0.15) is 10.4 Å². The molecule has 0 heterocycles. The maximum absolute atomic E-state index is 11.2. The lowest BCUT2D eigenvalue weighted by atomic mass is 10.2. The molecule has 1 aromatic carbocycles. The van der Waals surface area contributed by atoms with E-state index in [-0.39, 0.29) is 26.4 Å². The Kier molecular flexibility index (Phi) is 5.07. The van der Waals surface area contributed by atoms with E-state index in [1.54, 1.807) is 0 Å². The van der Waals surface area contributed by atoms with Gasteiger partial charge in [-0.1, -0.05) is 34.8 Å². The smallest absolute Gasteiger partial charge is 0.343 e. The fraction of sp³-hybridized carbons (Fsp3) is 0.200. The number of amides is 1. The molecule has 0 aromatic heterocycles. The number of hydrogen-bond donors (Lipinski definition) is 1. The van der Waals surface area contributed by atoms with Crippen molar-refractivity contribution in [1.29, 1.82) is 0 Å². The summed E-state index contributed by atoms with van der Waals surface area (Å²) in [4.78, 5) is 22.1. The highest BCUT2D eigenvalue weighted by Crippen LogP contribution is 2.39. The molecule has 0 saturated heterocycles. The van der Waals surface area contributed by atoms with Crippen LogP contribution in [0.4, 0.5) is 0 Å². The van der Waals surface area contributed by atoms with Gasteiger partial charge in [-0.2, -0.15) is 0 Å². The number of nitrogens with two attached hydrogens (primary N) is 1. The first kappa shape index (κ1) is 14.9. The fourth-order valence-electron chi connectivity index (χ4n) is 1.12. The highest BCUT2D eigenvalue weighted by molar-refractivity contribution is 6.43. The monoisotopic (exact) mass is 311 g/mol. The summed E-state index contributed by atoms with van der Waals surface area (Å²) in [6.07, 6.45) is 0. The molecule has 8 heteroatoms. The molecule has 0 fully saturated rings. The SMILES string of the molecule is COC(=O)COc1c(Cl)cc(Cl)c(C(N)=O)c1Cl. The molecule has 18 heavy (non-hydrogen) atoms. The second kappa shape index (κ2) is 6.13. The molecule has 0 spiro atoms. The van der Waals surface area contributed by atoms with Gasteiger partial charge in [-0.25, -0.2) is 4.79 Å². The van der Waals surface area contributed by atoms with Crippen molar-refractivity contribution < 1.29 is 19.1 Å². The van der Waals surface area contributed by atoms with E-state index in [1.807, 2.05) is 0 Å². The summed E-state index contributed by atoms with van der Waals surface area (Å²) in [6.45, 7) is -0.407. The molecule has 1 rings (SSSR count). The zero-order valence-corrected chi connectivity index (χ0v) is 11.4. The van der Waals surface area contributed by atoms with Crippen LogP contribution in [0.25, 0.3) is 0 Å². The predicted molar refractivity (Wildman–Crippen MR) is 67.5 cm³/mol. The summed E-state index contributed by atoms with van der Waals surface area (Å²) in [5.41, 5.74) is 5.00. The van der Waals surface area contributed by atoms with Crippen molar-refractivity contribution in [3.8, 4) is 5.75 Å². The standard InChI is InChI=1S/C10H8Cl3NO4/c1-17-6(15)3-18-9-5(12)2-4(11)7(8(9)13)10(14)16/h2H,3H2,1H3,(H2,14,16). The number of carbonyl (C=O) groups excluding carboxylic acids is 2. The van der Waals surface area contributed by atoms with Gasteiger partial charge in [0.15, 0.2) is 12.4 Å². The molecule has 0 aliphatic heterocycles. The van der Waals surface area contributed by atoms with Crippen LogP contribution in [-0.4, -0.2) is 25.6 Å². The van der Waals surface area contributed by atoms with Gasteiger partial charge in [0, 0.05) is 0 Å². The Bertz CT molecular complexity index is 504. The highest BCUT2D eigenvalue weighted by atomic mass is 35.5. The lowest BCUT2D eigenvalue weighted by molar-refractivity contribution is -0.142. The van der Waals surface area contributed by atoms with Crippen LogP contribution in [0.5, 0.6) is 5.75 Å². The van der Waals surface area contributed by atoms with Gasteiger partial charge in [0.25, 0.3) is 5.91 Å². The van der Waals surface area contributed by atoms with Gasteiger partial charge in [0.2, 0.25) is 0 Å². The van der Waals surface area contributed by atoms with Crippen LogP contribution in [0, 0.1) is 0 Å². The van der Waals surface area contributed by atoms with Crippen molar-refractivity contribution in [2.24, 2.45) is 5.73 Å². The number of ether oxygens (including phenoxy) is 2. The van der Waals surface area contributed by atoms with Crippen molar-refractivity contribution in [3.05, 3.63) is 26.7 Å². The van der Waals surface area contributed by atoms with E-state index in [2.05, 4.69) is 4.74 Å². The van der Waals surface area contributed by atoms with Crippen molar-refractivity contribution >= 4 is 46.7 Å². The van der Waals surface area contributed by atoms with Gasteiger partial charge < -0.3 is 15.2 Å². The average molecular weight is 313 g/mol. The maximum Gasteiger partial charge on any atom is 0.343 e. The lowest BCUT2D eigenvalue weighted by Gasteiger charge is -2.12. The molecule has 0 atom stereocenters. The minimum atomic E-state index is -0.829. The van der Waals surface area contributed by atoms with Crippen molar-refractivity contribution in [3.63, 3.8) is 0 Å². The molecule has 0 aliphatic rings. The van der Waals surface area contributed by atoms with Crippen LogP contribution in [-0.2, 0) is 9.53 Å². The number of primary amides is 1. The molecule has 1 aromatic rings. The fourth-order valence-corrected chi connectivity index (χ4v) is 2.18. The van der Waals surface area contributed by atoms with Crippen LogP contribution < -0.4 is 10.5 Å². The van der Waals surface area contributed by atoms with E-state index in [1.165, 1.54) is 13.2 Å². The third-order valence-corrected chi connectivity index (χ3v) is 2.88. The molecular formula is C10H8Cl3NO4. The van der Waals surface area contributed by atoms with Crippen molar-refractivity contribution in [2.45, 2.75) is 0 Å². The van der Waals surface area contributed by atoms with E-state index in [0.717, 1.165) is 0 Å². The Balaban J connectivity index is 3.15. The van der Waals surface area contributed by atoms with E-state index in [4.69, 9.17) is 45.3 Å². The van der Waals surface area contributed by atoms with Gasteiger partial charge in [-0.3, -0.25) is 4.79 Å². The molecule has 98 valence electrons. The van der Waals surface area contributed by atoms with Gasteiger partial charge in [0.05, 0.1) is 27.7 Å². The molecule has 0 saturated carbocycles. The Morgan fingerprint density at radius 2 is 1.89 bits per heavy atom. The van der Waals surface area contributed by atoms with Gasteiger partial charge in [-0.15, -0.1) is 0 Å². The zero-order valence-electron chi connectivity index (χ0n) is 9.13. The maximum atomic E-state index is 11.2. The van der Waals surface area contributed by atoms with Gasteiger partial charge in [-0.05, 0) is 6.07 Å². The highest BCUT2D eigenvalue weighted by Gasteiger charge is 2.20. The van der Waals surface area contributed by atoms with Crippen LogP contribution in [0.3, 0.4) is 0 Å². The van der Waals surface area contributed by atoms with E-state index in [0.29, 0.717) is 0 Å². The second-order valence-corrected chi connectivity index (χ2v) is 4.28. The predicted octanol–water partition coefficient (Wildman–Crippen LogP) is 2.30. The van der Waals surface area contributed by atoms with Crippen LogP contribution in [0.15, 0.2) is 6.07 Å². The first-order valence-corrected chi connectivity index (χ1v) is 5.68. The normalized spacial score (nSPS) is 10.0. The van der Waals surface area contributed by atoms with Crippen molar-refractivity contribution in [1.82, 2.24) is 0 Å². The van der Waals surface area contributed by atoms with Crippen molar-refractivity contribution in [2.75, 3.05) is 13.7 Å². The molecule has 0 unspecified atom stereocenters. The molecular weight excluding hydrogens is 304 g/mol. The minimum Gasteiger partial charge on any atom is -0.479 e. The largest absolute Gasteiger partial charge is 0.479 e. The summed E-state index contributed by atoms with van der Waals surface area (Å²) < 4.78 is 9.45. The topological polar surface area (TPSA) is 78.6 Å². The summed E-state index contributed by atoms with van der Waals surface area (Å²) >= 11 is 17.5. The average Bonchev–Trinajstić information content (AvgIpc) is 2.27. The first-order valence-electron chi connectivity index (χ1n) is 4.55. The summed E-state index contributed by atoms with van der Waals surface area (Å²) in [7, 11) is 1.20. The number of hydrogen-bond acceptors (Lipinski definition) is 4. The molecule has 0 radical (unpaired) electrons. The first-order chi connectivity index (χ1) is 8.38. The number of halogens is 3. The second-order valence-electron chi connectivity index (χ2n) is 3.09. The Labute approximate surface area is 118 Å². The molecule has 1 amide bonds. The van der Waals surface area contributed by atoms with E-state index >= 15 is 0 Å².